The summed E-state index contributed by atoms with van der Waals surface area (Å²) < 4.78 is 5.52. The Bertz CT molecular complexity index is 619. The number of hydrogen-bond donors (Lipinski definition) is 1. The third-order valence-corrected chi connectivity index (χ3v) is 3.80. The molecule has 0 aliphatic heterocycles. The molecule has 3 rings (SSSR count). The number of anilines is 1. The van der Waals surface area contributed by atoms with Crippen molar-refractivity contribution in [3.05, 3.63) is 28.3 Å². The minimum absolute atomic E-state index is 0.0226. The van der Waals surface area contributed by atoms with Gasteiger partial charge in [0.1, 0.15) is 0 Å². The second kappa shape index (κ2) is 4.53. The molecule has 1 aromatic heterocycles. The summed E-state index contributed by atoms with van der Waals surface area (Å²) >= 11 is 0. The Labute approximate surface area is 110 Å². The summed E-state index contributed by atoms with van der Waals surface area (Å²) in [5.41, 5.74) is 0.721. The van der Waals surface area contributed by atoms with Crippen molar-refractivity contribution < 1.29 is 9.34 Å². The highest BCUT2D eigenvalue weighted by atomic mass is 16.6. The lowest BCUT2D eigenvalue weighted by atomic mass is 9.80. The normalized spacial score (nSPS) is 17.1. The SMILES string of the molecule is CC(Nc1nc2c([N+](=O)[O-])cccc2o1)C1CCC1. The number of aromatic nitrogens is 1. The maximum Gasteiger partial charge on any atom is 0.298 e. The molecule has 0 bridgehead atoms. The lowest BCUT2D eigenvalue weighted by Gasteiger charge is -2.31. The average molecular weight is 261 g/mol. The molecule has 0 amide bonds. The Hall–Kier alpha value is -2.11. The van der Waals surface area contributed by atoms with E-state index in [4.69, 9.17) is 4.42 Å². The molecule has 2 aromatic rings. The number of non-ortho nitro benzene ring substituents is 1. The molecule has 0 saturated heterocycles. The number of rotatable bonds is 4. The van der Waals surface area contributed by atoms with E-state index in [1.807, 2.05) is 0 Å². The molecule has 6 heteroatoms. The van der Waals surface area contributed by atoms with Gasteiger partial charge in [0.05, 0.1) is 4.92 Å². The number of nitrogens with one attached hydrogen (secondary N) is 1. The molecule has 0 radical (unpaired) electrons. The largest absolute Gasteiger partial charge is 0.423 e. The second-order valence-electron chi connectivity index (χ2n) is 5.02. The predicted molar refractivity (Wildman–Crippen MR) is 71.1 cm³/mol. The minimum Gasteiger partial charge on any atom is -0.423 e. The Kier molecular flexibility index (Phi) is 2.85. The van der Waals surface area contributed by atoms with Crippen LogP contribution in [-0.2, 0) is 0 Å². The van der Waals surface area contributed by atoms with Gasteiger partial charge in [0, 0.05) is 12.1 Å². The van der Waals surface area contributed by atoms with Crippen molar-refractivity contribution in [1.82, 2.24) is 4.98 Å². The van der Waals surface area contributed by atoms with E-state index < -0.39 is 4.92 Å². The molecule has 1 aliphatic carbocycles. The predicted octanol–water partition coefficient (Wildman–Crippen LogP) is 3.34. The molecular formula is C13H15N3O3. The van der Waals surface area contributed by atoms with E-state index in [0.717, 1.165) is 0 Å². The maximum atomic E-state index is 10.9. The topological polar surface area (TPSA) is 81.2 Å². The third-order valence-electron chi connectivity index (χ3n) is 3.80. The van der Waals surface area contributed by atoms with Crippen LogP contribution >= 0.6 is 0 Å². The molecule has 1 fully saturated rings. The highest BCUT2D eigenvalue weighted by Crippen LogP contribution is 2.32. The monoisotopic (exact) mass is 261 g/mol. The summed E-state index contributed by atoms with van der Waals surface area (Å²) in [5, 5.41) is 14.1. The molecule has 19 heavy (non-hydrogen) atoms. The second-order valence-corrected chi connectivity index (χ2v) is 5.02. The number of nitro benzene ring substituents is 1. The number of para-hydroxylation sites is 1. The van der Waals surface area contributed by atoms with Gasteiger partial charge in [0.2, 0.25) is 0 Å². The van der Waals surface area contributed by atoms with Crippen molar-refractivity contribution in [2.75, 3.05) is 5.32 Å². The molecule has 0 spiro atoms. The van der Waals surface area contributed by atoms with Gasteiger partial charge in [0.25, 0.3) is 11.7 Å². The van der Waals surface area contributed by atoms with Gasteiger partial charge >= 0.3 is 0 Å². The lowest BCUT2D eigenvalue weighted by Crippen LogP contribution is -2.30. The van der Waals surface area contributed by atoms with Crippen LogP contribution < -0.4 is 5.32 Å². The van der Waals surface area contributed by atoms with Crippen LogP contribution in [0.1, 0.15) is 26.2 Å². The number of oxazole rings is 1. The Morgan fingerprint density at radius 2 is 2.32 bits per heavy atom. The summed E-state index contributed by atoms with van der Waals surface area (Å²) in [6, 6.07) is 5.37. The Morgan fingerprint density at radius 3 is 2.95 bits per heavy atom. The van der Waals surface area contributed by atoms with Gasteiger partial charge in [-0.05, 0) is 31.7 Å². The van der Waals surface area contributed by atoms with Gasteiger partial charge in [-0.2, -0.15) is 4.98 Å². The molecule has 1 saturated carbocycles. The Balaban J connectivity index is 1.88. The highest BCUT2D eigenvalue weighted by molar-refractivity contribution is 5.84. The molecular weight excluding hydrogens is 246 g/mol. The van der Waals surface area contributed by atoms with Crippen LogP contribution in [0.5, 0.6) is 0 Å². The summed E-state index contributed by atoms with van der Waals surface area (Å²) in [6.45, 7) is 2.09. The first-order valence-corrected chi connectivity index (χ1v) is 6.45. The van der Waals surface area contributed by atoms with Crippen LogP contribution in [0.15, 0.2) is 22.6 Å². The smallest absolute Gasteiger partial charge is 0.298 e. The molecule has 100 valence electrons. The van der Waals surface area contributed by atoms with Crippen molar-refractivity contribution in [3.8, 4) is 0 Å². The standard InChI is InChI=1S/C13H15N3O3/c1-8(9-4-2-5-9)14-13-15-12-10(16(17)18)6-3-7-11(12)19-13/h3,6-9H,2,4-5H2,1H3,(H,14,15). The van der Waals surface area contributed by atoms with E-state index in [0.29, 0.717) is 23.0 Å². The minimum atomic E-state index is -0.440. The van der Waals surface area contributed by atoms with E-state index in [1.165, 1.54) is 25.3 Å². The molecule has 1 heterocycles. The number of benzene rings is 1. The van der Waals surface area contributed by atoms with Gasteiger partial charge in [-0.25, -0.2) is 0 Å². The molecule has 1 atom stereocenters. The van der Waals surface area contributed by atoms with Crippen LogP contribution in [-0.4, -0.2) is 15.9 Å². The zero-order valence-corrected chi connectivity index (χ0v) is 10.6. The summed E-state index contributed by atoms with van der Waals surface area (Å²) in [5.74, 6) is 0.644. The molecule has 1 unspecified atom stereocenters. The fourth-order valence-electron chi connectivity index (χ4n) is 2.40. The zero-order chi connectivity index (χ0) is 13.4. The Morgan fingerprint density at radius 1 is 1.53 bits per heavy atom. The van der Waals surface area contributed by atoms with Crippen molar-refractivity contribution in [2.45, 2.75) is 32.2 Å². The fraction of sp³-hybridized carbons (Fsp3) is 0.462. The molecule has 1 aliphatic rings. The molecule has 1 N–H and O–H groups in total. The summed E-state index contributed by atoms with van der Waals surface area (Å²) in [6.07, 6.45) is 3.71. The van der Waals surface area contributed by atoms with Crippen molar-refractivity contribution in [3.63, 3.8) is 0 Å². The first-order valence-electron chi connectivity index (χ1n) is 6.45. The van der Waals surface area contributed by atoms with Crippen LogP contribution in [0.2, 0.25) is 0 Å². The van der Waals surface area contributed by atoms with Gasteiger partial charge in [-0.15, -0.1) is 0 Å². The van der Waals surface area contributed by atoms with Gasteiger partial charge in [-0.1, -0.05) is 12.5 Å². The van der Waals surface area contributed by atoms with E-state index in [-0.39, 0.29) is 11.7 Å². The van der Waals surface area contributed by atoms with E-state index >= 15 is 0 Å². The van der Waals surface area contributed by atoms with Crippen LogP contribution in [0.4, 0.5) is 11.7 Å². The average Bonchev–Trinajstić information content (AvgIpc) is 2.67. The number of nitro groups is 1. The van der Waals surface area contributed by atoms with Crippen LogP contribution in [0, 0.1) is 16.0 Å². The van der Waals surface area contributed by atoms with Crippen molar-refractivity contribution >= 4 is 22.8 Å². The maximum absolute atomic E-state index is 10.9. The van der Waals surface area contributed by atoms with Gasteiger partial charge < -0.3 is 9.73 Å². The van der Waals surface area contributed by atoms with Crippen molar-refractivity contribution in [1.29, 1.82) is 0 Å². The first kappa shape index (κ1) is 12.0. The van der Waals surface area contributed by atoms with E-state index in [9.17, 15) is 10.1 Å². The van der Waals surface area contributed by atoms with Crippen molar-refractivity contribution in [2.24, 2.45) is 5.92 Å². The van der Waals surface area contributed by atoms with Gasteiger partial charge in [-0.3, -0.25) is 10.1 Å². The quantitative estimate of drug-likeness (QED) is 0.674. The zero-order valence-electron chi connectivity index (χ0n) is 10.6. The first-order chi connectivity index (χ1) is 9.15. The molecule has 6 nitrogen and oxygen atoms in total. The van der Waals surface area contributed by atoms with Gasteiger partial charge in [0.15, 0.2) is 11.1 Å². The third kappa shape index (κ3) is 2.14. The van der Waals surface area contributed by atoms with E-state index in [1.54, 1.807) is 12.1 Å². The number of hydrogen-bond acceptors (Lipinski definition) is 5. The lowest BCUT2D eigenvalue weighted by molar-refractivity contribution is -0.383. The summed E-state index contributed by atoms with van der Waals surface area (Å²) in [7, 11) is 0. The highest BCUT2D eigenvalue weighted by Gasteiger charge is 2.25. The van der Waals surface area contributed by atoms with Crippen LogP contribution in [0.3, 0.4) is 0 Å². The number of nitrogens with zero attached hydrogens (tertiary/aromatic N) is 2. The number of fused-ring (bicyclic) bond motifs is 1. The summed E-state index contributed by atoms with van der Waals surface area (Å²) in [4.78, 5) is 14.7. The fourth-order valence-corrected chi connectivity index (χ4v) is 2.40. The van der Waals surface area contributed by atoms with Crippen LogP contribution in [0.25, 0.3) is 11.1 Å². The molecule has 1 aromatic carbocycles. The van der Waals surface area contributed by atoms with E-state index in [2.05, 4.69) is 17.2 Å².